The lowest BCUT2D eigenvalue weighted by molar-refractivity contribution is 0.414. The molecular formula is C17H22N2O5S2. The number of rotatable bonds is 8. The van der Waals surface area contributed by atoms with Gasteiger partial charge in [-0.2, -0.15) is 0 Å². The number of nitrogens with one attached hydrogen (secondary N) is 1. The fourth-order valence-electron chi connectivity index (χ4n) is 2.38. The van der Waals surface area contributed by atoms with Gasteiger partial charge < -0.3 is 4.74 Å². The third-order valence-electron chi connectivity index (χ3n) is 3.84. The first-order valence-electron chi connectivity index (χ1n) is 7.90. The molecule has 0 fully saturated rings. The molecule has 0 heterocycles. The molecule has 2 rings (SSSR count). The van der Waals surface area contributed by atoms with E-state index in [4.69, 9.17) is 9.88 Å². The van der Waals surface area contributed by atoms with Crippen LogP contribution in [-0.4, -0.2) is 30.0 Å². The first-order chi connectivity index (χ1) is 12.1. The summed E-state index contributed by atoms with van der Waals surface area (Å²) in [7, 11) is -6.00. The minimum atomic E-state index is -3.86. The minimum absolute atomic E-state index is 0.0128. The number of aryl methyl sites for hydroxylation is 1. The van der Waals surface area contributed by atoms with Crippen LogP contribution in [0.25, 0.3) is 0 Å². The van der Waals surface area contributed by atoms with Gasteiger partial charge in [0.15, 0.2) is 0 Å². The van der Waals surface area contributed by atoms with E-state index in [1.807, 2.05) is 24.3 Å². The lowest BCUT2D eigenvalue weighted by Crippen LogP contribution is -2.33. The molecule has 3 N–H and O–H groups in total. The molecule has 0 aliphatic rings. The van der Waals surface area contributed by atoms with Gasteiger partial charge in [-0.1, -0.05) is 12.1 Å². The van der Waals surface area contributed by atoms with Crippen molar-refractivity contribution in [3.05, 3.63) is 54.1 Å². The standard InChI is InChI=1S/C17H22N2O5S2/c1-13(3-4-14-5-7-15(24-2)8-6-14)19-26(22,23)17-11-9-16(10-12-17)25(18,20)21/h5-13,19H,3-4H2,1-2H3,(H2,18,20,21). The van der Waals surface area contributed by atoms with Crippen molar-refractivity contribution in [3.8, 4) is 5.75 Å². The monoisotopic (exact) mass is 398 g/mol. The third kappa shape index (κ3) is 5.53. The summed E-state index contributed by atoms with van der Waals surface area (Å²) in [5.74, 6) is 0.769. The smallest absolute Gasteiger partial charge is 0.240 e. The third-order valence-corrected chi connectivity index (χ3v) is 6.38. The fraction of sp³-hybridized carbons (Fsp3) is 0.294. The molecule has 0 saturated carbocycles. The predicted octanol–water partition coefficient (Wildman–Crippen LogP) is 1.64. The van der Waals surface area contributed by atoms with Gasteiger partial charge in [0.2, 0.25) is 20.0 Å². The number of hydrogen-bond acceptors (Lipinski definition) is 5. The second-order valence-corrected chi connectivity index (χ2v) is 9.20. The first kappa shape index (κ1) is 20.4. The number of benzene rings is 2. The molecule has 2 aromatic rings. The molecule has 1 unspecified atom stereocenters. The normalized spacial score (nSPS) is 13.3. The largest absolute Gasteiger partial charge is 0.497 e. The maximum atomic E-state index is 12.4. The average molecular weight is 399 g/mol. The second kappa shape index (κ2) is 8.17. The van der Waals surface area contributed by atoms with Crippen LogP contribution in [0.1, 0.15) is 18.9 Å². The Morgan fingerprint density at radius 2 is 1.50 bits per heavy atom. The van der Waals surface area contributed by atoms with Crippen molar-refractivity contribution in [2.75, 3.05) is 7.11 Å². The van der Waals surface area contributed by atoms with Crippen LogP contribution in [-0.2, 0) is 26.5 Å². The van der Waals surface area contributed by atoms with Crippen LogP contribution in [0, 0.1) is 0 Å². The molecular weight excluding hydrogens is 376 g/mol. The summed E-state index contributed by atoms with van der Waals surface area (Å²) in [6, 6.07) is 12.1. The molecule has 142 valence electrons. The Morgan fingerprint density at radius 1 is 0.962 bits per heavy atom. The molecule has 0 spiro atoms. The molecule has 0 radical (unpaired) electrons. The molecule has 2 aromatic carbocycles. The Hall–Kier alpha value is -1.94. The van der Waals surface area contributed by atoms with Gasteiger partial charge in [0.25, 0.3) is 0 Å². The topological polar surface area (TPSA) is 116 Å². The molecule has 0 aliphatic carbocycles. The molecule has 0 bridgehead atoms. The quantitative estimate of drug-likeness (QED) is 0.701. The predicted molar refractivity (Wildman–Crippen MR) is 98.9 cm³/mol. The zero-order valence-corrected chi connectivity index (χ0v) is 16.2. The summed E-state index contributed by atoms with van der Waals surface area (Å²) in [6.07, 6.45) is 1.32. The van der Waals surface area contributed by atoms with E-state index in [1.54, 1.807) is 14.0 Å². The summed E-state index contributed by atoms with van der Waals surface area (Å²) in [5, 5.41) is 5.01. The van der Waals surface area contributed by atoms with Crippen LogP contribution in [0.3, 0.4) is 0 Å². The van der Waals surface area contributed by atoms with Gasteiger partial charge in [-0.05, 0) is 61.7 Å². The minimum Gasteiger partial charge on any atom is -0.497 e. The van der Waals surface area contributed by atoms with Crippen molar-refractivity contribution < 1.29 is 21.6 Å². The van der Waals surface area contributed by atoms with Crippen molar-refractivity contribution in [2.45, 2.75) is 35.6 Å². The number of primary sulfonamides is 1. The average Bonchev–Trinajstić information content (AvgIpc) is 2.59. The van der Waals surface area contributed by atoms with E-state index in [0.717, 1.165) is 11.3 Å². The SMILES string of the molecule is COc1ccc(CCC(C)NS(=O)(=O)c2ccc(S(N)(=O)=O)cc2)cc1. The van der Waals surface area contributed by atoms with E-state index in [1.165, 1.54) is 24.3 Å². The Kier molecular flexibility index (Phi) is 6.40. The second-order valence-electron chi connectivity index (χ2n) is 5.93. The number of sulfonamides is 2. The van der Waals surface area contributed by atoms with Gasteiger partial charge in [0, 0.05) is 6.04 Å². The first-order valence-corrected chi connectivity index (χ1v) is 10.9. The number of nitrogens with two attached hydrogens (primary N) is 1. The van der Waals surface area contributed by atoms with Gasteiger partial charge in [-0.3, -0.25) is 0 Å². The Bertz CT molecular complexity index is 938. The van der Waals surface area contributed by atoms with E-state index >= 15 is 0 Å². The lowest BCUT2D eigenvalue weighted by Gasteiger charge is -2.14. The van der Waals surface area contributed by atoms with Crippen molar-refractivity contribution in [3.63, 3.8) is 0 Å². The molecule has 0 aromatic heterocycles. The van der Waals surface area contributed by atoms with Crippen LogP contribution >= 0.6 is 0 Å². The van der Waals surface area contributed by atoms with E-state index in [9.17, 15) is 16.8 Å². The Balaban J connectivity index is 1.99. The lowest BCUT2D eigenvalue weighted by atomic mass is 10.1. The molecule has 26 heavy (non-hydrogen) atoms. The maximum absolute atomic E-state index is 12.4. The summed E-state index contributed by atoms with van der Waals surface area (Å²) in [4.78, 5) is -0.148. The molecule has 0 aliphatic heterocycles. The highest BCUT2D eigenvalue weighted by Gasteiger charge is 2.18. The highest BCUT2D eigenvalue weighted by Crippen LogP contribution is 2.16. The van der Waals surface area contributed by atoms with E-state index in [-0.39, 0.29) is 15.8 Å². The zero-order chi connectivity index (χ0) is 19.4. The van der Waals surface area contributed by atoms with Gasteiger partial charge in [-0.15, -0.1) is 0 Å². The van der Waals surface area contributed by atoms with Crippen LogP contribution in [0.2, 0.25) is 0 Å². The van der Waals surface area contributed by atoms with Crippen molar-refractivity contribution in [1.82, 2.24) is 4.72 Å². The molecule has 0 saturated heterocycles. The number of ether oxygens (including phenoxy) is 1. The number of hydrogen-bond donors (Lipinski definition) is 2. The molecule has 7 nitrogen and oxygen atoms in total. The molecule has 1 atom stereocenters. The van der Waals surface area contributed by atoms with Crippen LogP contribution in [0.15, 0.2) is 58.3 Å². The Morgan fingerprint density at radius 3 is 2.00 bits per heavy atom. The summed E-state index contributed by atoms with van der Waals surface area (Å²) in [6.45, 7) is 1.78. The van der Waals surface area contributed by atoms with Crippen molar-refractivity contribution in [2.24, 2.45) is 5.14 Å². The van der Waals surface area contributed by atoms with E-state index in [0.29, 0.717) is 12.8 Å². The highest BCUT2D eigenvalue weighted by molar-refractivity contribution is 7.89. The van der Waals surface area contributed by atoms with E-state index < -0.39 is 20.0 Å². The van der Waals surface area contributed by atoms with E-state index in [2.05, 4.69) is 4.72 Å². The van der Waals surface area contributed by atoms with Gasteiger partial charge in [0.1, 0.15) is 5.75 Å². The van der Waals surface area contributed by atoms with Crippen molar-refractivity contribution in [1.29, 1.82) is 0 Å². The van der Waals surface area contributed by atoms with Gasteiger partial charge >= 0.3 is 0 Å². The van der Waals surface area contributed by atoms with Crippen molar-refractivity contribution >= 4 is 20.0 Å². The number of methoxy groups -OCH3 is 1. The van der Waals surface area contributed by atoms with Crippen LogP contribution in [0.4, 0.5) is 0 Å². The molecule has 0 amide bonds. The summed E-state index contributed by atoms with van der Waals surface area (Å²) < 4.78 is 54.9. The molecule has 9 heteroatoms. The zero-order valence-electron chi connectivity index (χ0n) is 14.5. The van der Waals surface area contributed by atoms with Gasteiger partial charge in [-0.25, -0.2) is 26.7 Å². The summed E-state index contributed by atoms with van der Waals surface area (Å²) >= 11 is 0. The van der Waals surface area contributed by atoms with Gasteiger partial charge in [0.05, 0.1) is 16.9 Å². The maximum Gasteiger partial charge on any atom is 0.240 e. The Labute approximate surface area is 154 Å². The van der Waals surface area contributed by atoms with Crippen LogP contribution in [0.5, 0.6) is 5.75 Å². The fourth-order valence-corrected chi connectivity index (χ4v) is 4.17. The highest BCUT2D eigenvalue weighted by atomic mass is 32.2. The summed E-state index contributed by atoms with van der Waals surface area (Å²) in [5.41, 5.74) is 1.08. The van der Waals surface area contributed by atoms with Crippen LogP contribution < -0.4 is 14.6 Å².